The smallest absolute Gasteiger partial charge is 0.315 e. The highest BCUT2D eigenvalue weighted by molar-refractivity contribution is 5.84. The van der Waals surface area contributed by atoms with E-state index in [0.29, 0.717) is 19.6 Å². The lowest BCUT2D eigenvalue weighted by atomic mass is 10.2. The summed E-state index contributed by atoms with van der Waals surface area (Å²) in [7, 11) is 0. The zero-order valence-electron chi connectivity index (χ0n) is 13.0. The van der Waals surface area contributed by atoms with Crippen LogP contribution in [0.1, 0.15) is 19.4 Å². The molecule has 0 radical (unpaired) electrons. The number of carbonyl (C=O) groups excluding carboxylic acids is 2. The highest BCUT2D eigenvalue weighted by Gasteiger charge is 2.25. The molecule has 3 amide bonds. The Hall–Kier alpha value is -2.08. The average molecular weight is 305 g/mol. The lowest BCUT2D eigenvalue weighted by molar-refractivity contribution is -0.142. The maximum absolute atomic E-state index is 12.1. The number of amides is 3. The van der Waals surface area contributed by atoms with Gasteiger partial charge in [-0.2, -0.15) is 0 Å². The molecule has 6 nitrogen and oxygen atoms in total. The van der Waals surface area contributed by atoms with E-state index in [1.165, 1.54) is 0 Å². The number of morpholine rings is 1. The summed E-state index contributed by atoms with van der Waals surface area (Å²) in [6, 6.07) is 9.28. The molecule has 0 spiro atoms. The minimum absolute atomic E-state index is 0.0000625. The van der Waals surface area contributed by atoms with E-state index >= 15 is 0 Å². The number of hydrogen-bond donors (Lipinski definition) is 2. The van der Waals surface area contributed by atoms with Gasteiger partial charge in [-0.05, 0) is 19.4 Å². The van der Waals surface area contributed by atoms with Gasteiger partial charge in [0.15, 0.2) is 0 Å². The van der Waals surface area contributed by atoms with Crippen molar-refractivity contribution in [2.75, 3.05) is 19.6 Å². The molecule has 1 aliphatic rings. The molecule has 0 aromatic heterocycles. The Morgan fingerprint density at radius 2 is 1.77 bits per heavy atom. The summed E-state index contributed by atoms with van der Waals surface area (Å²) < 4.78 is 5.59. The zero-order valence-corrected chi connectivity index (χ0v) is 13.0. The lowest BCUT2D eigenvalue weighted by Gasteiger charge is -2.35. The number of ether oxygens (including phenoxy) is 1. The number of urea groups is 1. The zero-order chi connectivity index (χ0) is 15.9. The van der Waals surface area contributed by atoms with E-state index in [1.54, 1.807) is 4.90 Å². The molecule has 1 aromatic rings. The van der Waals surface area contributed by atoms with Crippen molar-refractivity contribution in [3.8, 4) is 0 Å². The monoisotopic (exact) mass is 305 g/mol. The van der Waals surface area contributed by atoms with Crippen molar-refractivity contribution < 1.29 is 14.3 Å². The van der Waals surface area contributed by atoms with Crippen LogP contribution in [0.5, 0.6) is 0 Å². The van der Waals surface area contributed by atoms with Crippen LogP contribution in [0.15, 0.2) is 30.3 Å². The number of nitrogens with zero attached hydrogens (tertiary/aromatic N) is 1. The van der Waals surface area contributed by atoms with Crippen LogP contribution in [0.2, 0.25) is 0 Å². The van der Waals surface area contributed by atoms with Crippen LogP contribution in [0.4, 0.5) is 4.79 Å². The predicted molar refractivity (Wildman–Crippen MR) is 83.3 cm³/mol. The van der Waals surface area contributed by atoms with E-state index in [1.807, 2.05) is 44.2 Å². The van der Waals surface area contributed by atoms with E-state index in [4.69, 9.17) is 4.74 Å². The number of benzene rings is 1. The van der Waals surface area contributed by atoms with Gasteiger partial charge in [-0.3, -0.25) is 4.79 Å². The van der Waals surface area contributed by atoms with Gasteiger partial charge in [0.2, 0.25) is 5.91 Å². The largest absolute Gasteiger partial charge is 0.372 e. The quantitative estimate of drug-likeness (QED) is 0.876. The molecule has 1 aromatic carbocycles. The minimum atomic E-state index is -0.341. The molecule has 0 saturated carbocycles. The van der Waals surface area contributed by atoms with Crippen LogP contribution in [0.3, 0.4) is 0 Å². The molecule has 22 heavy (non-hydrogen) atoms. The summed E-state index contributed by atoms with van der Waals surface area (Å²) in [5.41, 5.74) is 1.01. The van der Waals surface area contributed by atoms with Crippen molar-refractivity contribution in [2.45, 2.75) is 32.6 Å². The van der Waals surface area contributed by atoms with E-state index in [2.05, 4.69) is 10.6 Å². The SMILES string of the molecule is CC1CN(C(=O)CNC(=O)NCc2ccccc2)CC(C)O1. The molecule has 2 unspecified atom stereocenters. The Kier molecular flexibility index (Phi) is 5.77. The molecule has 1 fully saturated rings. The molecular formula is C16H23N3O3. The summed E-state index contributed by atoms with van der Waals surface area (Å²) in [5, 5.41) is 5.33. The Labute approximate surface area is 130 Å². The number of nitrogens with one attached hydrogen (secondary N) is 2. The standard InChI is InChI=1S/C16H23N3O3/c1-12-10-19(11-13(2)22-12)15(20)9-18-16(21)17-8-14-6-4-3-5-7-14/h3-7,12-13H,8-11H2,1-2H3,(H2,17,18,21). The van der Waals surface area contributed by atoms with E-state index in [9.17, 15) is 9.59 Å². The fourth-order valence-corrected chi connectivity index (χ4v) is 2.49. The van der Waals surface area contributed by atoms with Crippen molar-refractivity contribution >= 4 is 11.9 Å². The molecule has 6 heteroatoms. The van der Waals surface area contributed by atoms with Crippen LogP contribution in [0, 0.1) is 0 Å². The molecule has 2 rings (SSSR count). The van der Waals surface area contributed by atoms with Crippen molar-refractivity contribution in [3.05, 3.63) is 35.9 Å². The van der Waals surface area contributed by atoms with Gasteiger partial charge in [0.25, 0.3) is 0 Å². The van der Waals surface area contributed by atoms with E-state index in [0.717, 1.165) is 5.56 Å². The second-order valence-electron chi connectivity index (χ2n) is 5.58. The van der Waals surface area contributed by atoms with Crippen LogP contribution in [0.25, 0.3) is 0 Å². The summed E-state index contributed by atoms with van der Waals surface area (Å²) in [6.45, 7) is 5.45. The van der Waals surface area contributed by atoms with Gasteiger partial charge in [-0.15, -0.1) is 0 Å². The number of hydrogen-bond acceptors (Lipinski definition) is 3. The third kappa shape index (κ3) is 5.04. The second kappa shape index (κ2) is 7.79. The molecule has 0 aliphatic carbocycles. The normalized spacial score (nSPS) is 21.3. The fourth-order valence-electron chi connectivity index (χ4n) is 2.49. The Morgan fingerprint density at radius 1 is 1.14 bits per heavy atom. The summed E-state index contributed by atoms with van der Waals surface area (Å²) in [5.74, 6) is -0.0862. The third-order valence-electron chi connectivity index (χ3n) is 3.47. The molecule has 1 saturated heterocycles. The van der Waals surface area contributed by atoms with Gasteiger partial charge in [-0.25, -0.2) is 4.79 Å². The van der Waals surface area contributed by atoms with Crippen LogP contribution < -0.4 is 10.6 Å². The summed E-state index contributed by atoms with van der Waals surface area (Å²) in [6.07, 6.45) is 0.0548. The lowest BCUT2D eigenvalue weighted by Crippen LogP contribution is -2.51. The number of rotatable bonds is 4. The van der Waals surface area contributed by atoms with Crippen LogP contribution in [-0.4, -0.2) is 48.7 Å². The Bertz CT molecular complexity index is 497. The van der Waals surface area contributed by atoms with Gasteiger partial charge in [0, 0.05) is 19.6 Å². The van der Waals surface area contributed by atoms with Crippen molar-refractivity contribution in [1.29, 1.82) is 0 Å². The highest BCUT2D eigenvalue weighted by atomic mass is 16.5. The maximum Gasteiger partial charge on any atom is 0.315 e. The molecule has 120 valence electrons. The molecule has 2 atom stereocenters. The molecule has 2 N–H and O–H groups in total. The van der Waals surface area contributed by atoms with Gasteiger partial charge >= 0.3 is 6.03 Å². The third-order valence-corrected chi connectivity index (χ3v) is 3.47. The second-order valence-corrected chi connectivity index (χ2v) is 5.58. The topological polar surface area (TPSA) is 70.7 Å². The fraction of sp³-hybridized carbons (Fsp3) is 0.500. The van der Waals surface area contributed by atoms with Crippen LogP contribution >= 0.6 is 0 Å². The Morgan fingerprint density at radius 3 is 2.41 bits per heavy atom. The van der Waals surface area contributed by atoms with Gasteiger partial charge in [-0.1, -0.05) is 30.3 Å². The number of carbonyl (C=O) groups is 2. The van der Waals surface area contributed by atoms with E-state index in [-0.39, 0.29) is 30.7 Å². The first-order valence-corrected chi connectivity index (χ1v) is 7.53. The van der Waals surface area contributed by atoms with Crippen molar-refractivity contribution in [1.82, 2.24) is 15.5 Å². The first-order chi connectivity index (χ1) is 10.5. The van der Waals surface area contributed by atoms with Gasteiger partial charge < -0.3 is 20.3 Å². The minimum Gasteiger partial charge on any atom is -0.372 e. The van der Waals surface area contributed by atoms with Crippen LogP contribution in [-0.2, 0) is 16.1 Å². The van der Waals surface area contributed by atoms with Gasteiger partial charge in [0.05, 0.1) is 18.8 Å². The highest BCUT2D eigenvalue weighted by Crippen LogP contribution is 2.10. The van der Waals surface area contributed by atoms with E-state index < -0.39 is 0 Å². The predicted octanol–water partition coefficient (Wildman–Crippen LogP) is 1.12. The van der Waals surface area contributed by atoms with Gasteiger partial charge in [0.1, 0.15) is 0 Å². The maximum atomic E-state index is 12.1. The van der Waals surface area contributed by atoms with Crippen molar-refractivity contribution in [2.24, 2.45) is 0 Å². The molecular weight excluding hydrogens is 282 g/mol. The molecule has 1 aliphatic heterocycles. The summed E-state index contributed by atoms with van der Waals surface area (Å²) in [4.78, 5) is 25.5. The Balaban J connectivity index is 1.70. The first kappa shape index (κ1) is 16.3. The summed E-state index contributed by atoms with van der Waals surface area (Å²) >= 11 is 0. The first-order valence-electron chi connectivity index (χ1n) is 7.53. The molecule has 0 bridgehead atoms. The average Bonchev–Trinajstić information content (AvgIpc) is 2.50. The van der Waals surface area contributed by atoms with Crippen molar-refractivity contribution in [3.63, 3.8) is 0 Å². The molecule has 1 heterocycles.